The third-order valence-electron chi connectivity index (χ3n) is 3.53. The zero-order valence-corrected chi connectivity index (χ0v) is 12.9. The van der Waals surface area contributed by atoms with Crippen LogP contribution in [0.5, 0.6) is 0 Å². The fraction of sp³-hybridized carbons (Fsp3) is 0.176. The van der Waals surface area contributed by atoms with Gasteiger partial charge >= 0.3 is 0 Å². The summed E-state index contributed by atoms with van der Waals surface area (Å²) in [4.78, 5) is 2.46. The van der Waals surface area contributed by atoms with Gasteiger partial charge in [0.05, 0.1) is 5.38 Å². The molecule has 0 radical (unpaired) electrons. The Morgan fingerprint density at radius 2 is 1.70 bits per heavy atom. The highest BCUT2D eigenvalue weighted by molar-refractivity contribution is 7.12. The van der Waals surface area contributed by atoms with Crippen LogP contribution in [0.2, 0.25) is 0 Å². The zero-order valence-electron chi connectivity index (χ0n) is 11.3. The Bertz CT molecular complexity index is 776. The number of thiophene rings is 1. The van der Waals surface area contributed by atoms with Crippen LogP contribution < -0.4 is 0 Å². The molecule has 0 aliphatic heterocycles. The lowest BCUT2D eigenvalue weighted by Gasteiger charge is -2.13. The molecule has 1 atom stereocenters. The molecule has 3 rings (SSSR count). The molecule has 0 spiro atoms. The number of hydrogen-bond donors (Lipinski definition) is 0. The second-order valence-corrected chi connectivity index (χ2v) is 6.81. The van der Waals surface area contributed by atoms with Gasteiger partial charge in [-0.2, -0.15) is 0 Å². The van der Waals surface area contributed by atoms with E-state index < -0.39 is 0 Å². The number of hydrogen-bond acceptors (Lipinski definition) is 1. The third-order valence-corrected chi connectivity index (χ3v) is 4.98. The number of alkyl halides is 1. The minimum Gasteiger partial charge on any atom is -0.206 e. The minimum absolute atomic E-state index is 0.202. The maximum Gasteiger partial charge on any atom is 0.131 e. The van der Waals surface area contributed by atoms with Crippen molar-refractivity contribution in [2.45, 2.75) is 19.2 Å². The second kappa shape index (κ2) is 5.19. The molecule has 1 heterocycles. The van der Waals surface area contributed by atoms with E-state index in [-0.39, 0.29) is 11.2 Å². The van der Waals surface area contributed by atoms with Crippen LogP contribution in [0, 0.1) is 19.7 Å². The third kappa shape index (κ3) is 2.23. The summed E-state index contributed by atoms with van der Waals surface area (Å²) in [6, 6.07) is 12.9. The van der Waals surface area contributed by atoms with Crippen molar-refractivity contribution in [3.05, 3.63) is 69.2 Å². The monoisotopic (exact) mass is 304 g/mol. The van der Waals surface area contributed by atoms with Crippen LogP contribution in [0.3, 0.4) is 0 Å². The van der Waals surface area contributed by atoms with E-state index in [1.165, 1.54) is 15.8 Å². The van der Waals surface area contributed by atoms with Gasteiger partial charge in [0.15, 0.2) is 0 Å². The van der Waals surface area contributed by atoms with Crippen molar-refractivity contribution in [2.24, 2.45) is 0 Å². The summed E-state index contributed by atoms with van der Waals surface area (Å²) in [5, 5.41) is 1.27. The van der Waals surface area contributed by atoms with Crippen molar-refractivity contribution in [3.63, 3.8) is 0 Å². The highest BCUT2D eigenvalue weighted by Gasteiger charge is 2.18. The van der Waals surface area contributed by atoms with Crippen molar-refractivity contribution < 1.29 is 4.39 Å². The van der Waals surface area contributed by atoms with E-state index in [4.69, 9.17) is 11.6 Å². The van der Waals surface area contributed by atoms with Crippen molar-refractivity contribution in [2.75, 3.05) is 0 Å². The first-order chi connectivity index (χ1) is 9.58. The number of rotatable bonds is 2. The van der Waals surface area contributed by atoms with Gasteiger partial charge in [0, 0.05) is 15.1 Å². The number of aryl methyl sites for hydroxylation is 2. The Kier molecular flexibility index (Phi) is 3.53. The zero-order chi connectivity index (χ0) is 14.3. The van der Waals surface area contributed by atoms with Crippen molar-refractivity contribution in [3.8, 4) is 0 Å². The Hall–Kier alpha value is -1.38. The number of halogens is 2. The molecule has 20 heavy (non-hydrogen) atoms. The first kappa shape index (κ1) is 13.6. The normalized spacial score (nSPS) is 12.8. The van der Waals surface area contributed by atoms with Crippen LogP contribution >= 0.6 is 22.9 Å². The second-order valence-electron chi connectivity index (χ2n) is 4.91. The Morgan fingerprint density at radius 3 is 2.35 bits per heavy atom. The largest absolute Gasteiger partial charge is 0.206 e. The van der Waals surface area contributed by atoms with E-state index in [0.29, 0.717) is 5.39 Å². The van der Waals surface area contributed by atoms with Crippen LogP contribution in [0.4, 0.5) is 4.39 Å². The molecule has 102 valence electrons. The van der Waals surface area contributed by atoms with Gasteiger partial charge in [0.2, 0.25) is 0 Å². The molecule has 0 bridgehead atoms. The van der Waals surface area contributed by atoms with E-state index in [2.05, 4.69) is 19.9 Å². The van der Waals surface area contributed by atoms with Gasteiger partial charge in [-0.25, -0.2) is 4.39 Å². The van der Waals surface area contributed by atoms with E-state index in [1.54, 1.807) is 23.5 Å². The highest BCUT2D eigenvalue weighted by atomic mass is 35.5. The lowest BCUT2D eigenvalue weighted by molar-refractivity contribution is 0.639. The fourth-order valence-corrected chi connectivity index (χ4v) is 4.02. The molecule has 3 aromatic rings. The molecule has 0 saturated heterocycles. The predicted molar refractivity (Wildman–Crippen MR) is 85.4 cm³/mol. The molecule has 2 aromatic carbocycles. The van der Waals surface area contributed by atoms with E-state index >= 15 is 0 Å². The summed E-state index contributed by atoms with van der Waals surface area (Å²) in [5.41, 5.74) is 2.08. The van der Waals surface area contributed by atoms with E-state index in [9.17, 15) is 4.39 Å². The lowest BCUT2D eigenvalue weighted by Crippen LogP contribution is -1.96. The summed E-state index contributed by atoms with van der Waals surface area (Å²) >= 11 is 8.41. The van der Waals surface area contributed by atoms with Gasteiger partial charge in [0.25, 0.3) is 0 Å². The summed E-state index contributed by atoms with van der Waals surface area (Å²) in [7, 11) is 0. The quantitative estimate of drug-likeness (QED) is 0.510. The molecular weight excluding hydrogens is 291 g/mol. The molecular formula is C17H14ClFS. The summed E-state index contributed by atoms with van der Waals surface area (Å²) in [6.07, 6.45) is 0. The van der Waals surface area contributed by atoms with Crippen molar-refractivity contribution in [1.29, 1.82) is 0 Å². The molecule has 0 N–H and O–H groups in total. The maximum atomic E-state index is 13.9. The number of benzene rings is 2. The average Bonchev–Trinajstić information content (AvgIpc) is 2.78. The van der Waals surface area contributed by atoms with Gasteiger partial charge in [-0.1, -0.05) is 30.3 Å². The van der Waals surface area contributed by atoms with E-state index in [0.717, 1.165) is 16.5 Å². The smallest absolute Gasteiger partial charge is 0.131 e. The topological polar surface area (TPSA) is 0 Å². The first-order valence-corrected chi connectivity index (χ1v) is 7.71. The van der Waals surface area contributed by atoms with Gasteiger partial charge in [-0.15, -0.1) is 22.9 Å². The van der Waals surface area contributed by atoms with Crippen LogP contribution in [-0.2, 0) is 0 Å². The Balaban J connectivity index is 2.20. The fourth-order valence-electron chi connectivity index (χ4n) is 2.58. The Labute approximate surface area is 126 Å². The molecule has 0 saturated carbocycles. The molecule has 1 aromatic heterocycles. The molecule has 0 amide bonds. The molecule has 0 aliphatic carbocycles. The van der Waals surface area contributed by atoms with Crippen molar-refractivity contribution in [1.82, 2.24) is 0 Å². The molecule has 1 unspecified atom stereocenters. The molecule has 0 fully saturated rings. The standard InChI is InChI=1S/C17H14ClFS/c1-10-9-15(11(2)20-10)17(18)14-7-8-16(19)13-6-4-3-5-12(13)14/h3-9,17H,1-2H3. The van der Waals surface area contributed by atoms with Gasteiger partial charge in [-0.3, -0.25) is 0 Å². The summed E-state index contributed by atoms with van der Waals surface area (Å²) in [5.74, 6) is -0.202. The average molecular weight is 305 g/mol. The van der Waals surface area contributed by atoms with Crippen LogP contribution in [0.15, 0.2) is 42.5 Å². The van der Waals surface area contributed by atoms with E-state index in [1.807, 2.05) is 18.2 Å². The summed E-state index contributed by atoms with van der Waals surface area (Å²) < 4.78 is 13.9. The molecule has 3 heteroatoms. The molecule has 0 aliphatic rings. The minimum atomic E-state index is -0.245. The van der Waals surface area contributed by atoms with Crippen LogP contribution in [0.25, 0.3) is 10.8 Å². The molecule has 0 nitrogen and oxygen atoms in total. The van der Waals surface area contributed by atoms with Crippen LogP contribution in [0.1, 0.15) is 26.3 Å². The van der Waals surface area contributed by atoms with Gasteiger partial charge < -0.3 is 0 Å². The first-order valence-electron chi connectivity index (χ1n) is 6.46. The SMILES string of the molecule is Cc1cc(C(Cl)c2ccc(F)c3ccccc23)c(C)s1. The lowest BCUT2D eigenvalue weighted by atomic mass is 9.98. The van der Waals surface area contributed by atoms with Crippen LogP contribution in [-0.4, -0.2) is 0 Å². The highest BCUT2D eigenvalue weighted by Crippen LogP contribution is 2.38. The maximum absolute atomic E-state index is 13.9. The summed E-state index contributed by atoms with van der Waals surface area (Å²) in [6.45, 7) is 4.15. The Morgan fingerprint density at radius 1 is 1.00 bits per heavy atom. The van der Waals surface area contributed by atoms with Gasteiger partial charge in [0.1, 0.15) is 5.82 Å². The van der Waals surface area contributed by atoms with Crippen molar-refractivity contribution >= 4 is 33.7 Å². The van der Waals surface area contributed by atoms with Gasteiger partial charge in [-0.05, 0) is 42.5 Å². The predicted octanol–water partition coefficient (Wildman–Crippen LogP) is 5.99. The number of fused-ring (bicyclic) bond motifs is 1.